The second-order valence-corrected chi connectivity index (χ2v) is 5.39. The van der Waals surface area contributed by atoms with Crippen LogP contribution in [0.1, 0.15) is 10.4 Å². The van der Waals surface area contributed by atoms with Crippen LogP contribution in [0, 0.1) is 0 Å². The van der Waals surface area contributed by atoms with E-state index >= 15 is 0 Å². The third-order valence-electron chi connectivity index (χ3n) is 1.90. The number of carbonyl (C=O) groups is 1. The SMILES string of the molecule is O=C(c1cc(Cl)sc1Cl)N(CCO)CC(F)F. The molecule has 3 nitrogen and oxygen atoms in total. The van der Waals surface area contributed by atoms with Crippen molar-refractivity contribution in [2.75, 3.05) is 19.7 Å². The van der Waals surface area contributed by atoms with Crippen LogP contribution in [0.15, 0.2) is 6.07 Å². The minimum atomic E-state index is -2.67. The van der Waals surface area contributed by atoms with Crippen molar-refractivity contribution in [1.82, 2.24) is 4.90 Å². The van der Waals surface area contributed by atoms with Gasteiger partial charge in [0.2, 0.25) is 0 Å². The summed E-state index contributed by atoms with van der Waals surface area (Å²) in [6.07, 6.45) is -2.67. The molecular formula is C9H9Cl2F2NO2S. The van der Waals surface area contributed by atoms with Crippen LogP contribution in [0.25, 0.3) is 0 Å². The van der Waals surface area contributed by atoms with Gasteiger partial charge in [-0.05, 0) is 6.07 Å². The topological polar surface area (TPSA) is 40.5 Å². The van der Waals surface area contributed by atoms with Crippen LogP contribution in [-0.4, -0.2) is 42.0 Å². The van der Waals surface area contributed by atoms with E-state index in [1.165, 1.54) is 6.07 Å². The van der Waals surface area contributed by atoms with E-state index in [9.17, 15) is 13.6 Å². The van der Waals surface area contributed by atoms with Gasteiger partial charge in [0.05, 0.1) is 23.1 Å². The molecule has 0 aromatic carbocycles. The first-order valence-corrected chi connectivity index (χ1v) is 6.16. The summed E-state index contributed by atoms with van der Waals surface area (Å²) in [7, 11) is 0. The van der Waals surface area contributed by atoms with Gasteiger partial charge in [-0.15, -0.1) is 11.3 Å². The van der Waals surface area contributed by atoms with Gasteiger partial charge >= 0.3 is 0 Å². The number of thiophene rings is 1. The lowest BCUT2D eigenvalue weighted by atomic mass is 10.3. The number of nitrogens with zero attached hydrogens (tertiary/aromatic N) is 1. The van der Waals surface area contributed by atoms with Gasteiger partial charge in [0.25, 0.3) is 12.3 Å². The standard InChI is InChI=1S/C9H9Cl2F2NO2S/c10-6-3-5(8(11)17-6)9(16)14(1-2-15)4-7(12)13/h3,7,15H,1-2,4H2. The number of aliphatic hydroxyl groups excluding tert-OH is 1. The van der Waals surface area contributed by atoms with Gasteiger partial charge in [-0.25, -0.2) is 8.78 Å². The molecule has 0 radical (unpaired) electrons. The quantitative estimate of drug-likeness (QED) is 0.908. The first-order chi connectivity index (χ1) is 7.95. The average molecular weight is 304 g/mol. The van der Waals surface area contributed by atoms with E-state index < -0.39 is 25.5 Å². The Hall–Kier alpha value is -0.430. The van der Waals surface area contributed by atoms with Crippen molar-refractivity contribution in [1.29, 1.82) is 0 Å². The van der Waals surface area contributed by atoms with Gasteiger partial charge in [0.1, 0.15) is 4.34 Å². The maximum atomic E-state index is 12.3. The predicted molar refractivity (Wildman–Crippen MR) is 63.3 cm³/mol. The Morgan fingerprint density at radius 2 is 2.18 bits per heavy atom. The van der Waals surface area contributed by atoms with Crippen molar-refractivity contribution in [3.8, 4) is 0 Å². The maximum Gasteiger partial charge on any atom is 0.256 e. The molecule has 0 aliphatic rings. The van der Waals surface area contributed by atoms with Gasteiger partial charge in [0.15, 0.2) is 0 Å². The third-order valence-corrected chi connectivity index (χ3v) is 3.39. The van der Waals surface area contributed by atoms with Crippen LogP contribution in [0.4, 0.5) is 8.78 Å². The highest BCUT2D eigenvalue weighted by molar-refractivity contribution is 7.20. The van der Waals surface area contributed by atoms with Gasteiger partial charge in [-0.3, -0.25) is 4.79 Å². The van der Waals surface area contributed by atoms with Gasteiger partial charge < -0.3 is 10.0 Å². The number of rotatable bonds is 5. The van der Waals surface area contributed by atoms with E-state index in [2.05, 4.69) is 0 Å². The summed E-state index contributed by atoms with van der Waals surface area (Å²) in [6.45, 7) is -1.32. The monoisotopic (exact) mass is 303 g/mol. The number of carbonyl (C=O) groups excluding carboxylic acids is 1. The van der Waals surface area contributed by atoms with E-state index in [4.69, 9.17) is 28.3 Å². The van der Waals surface area contributed by atoms with Crippen molar-refractivity contribution in [3.63, 3.8) is 0 Å². The van der Waals surface area contributed by atoms with Crippen molar-refractivity contribution in [2.24, 2.45) is 0 Å². The van der Waals surface area contributed by atoms with E-state index in [0.29, 0.717) is 4.34 Å². The highest BCUT2D eigenvalue weighted by Crippen LogP contribution is 2.32. The molecule has 0 aliphatic carbocycles. The molecule has 1 amide bonds. The number of aliphatic hydroxyl groups is 1. The molecule has 0 unspecified atom stereocenters. The Labute approximate surface area is 111 Å². The van der Waals surface area contributed by atoms with Crippen molar-refractivity contribution in [2.45, 2.75) is 6.43 Å². The lowest BCUT2D eigenvalue weighted by Gasteiger charge is -2.20. The molecule has 0 bridgehead atoms. The highest BCUT2D eigenvalue weighted by atomic mass is 35.5. The number of amides is 1. The lowest BCUT2D eigenvalue weighted by molar-refractivity contribution is 0.0510. The van der Waals surface area contributed by atoms with Crippen LogP contribution in [0.5, 0.6) is 0 Å². The number of hydrogen-bond donors (Lipinski definition) is 1. The molecule has 1 rings (SSSR count). The zero-order chi connectivity index (χ0) is 13.0. The minimum absolute atomic E-state index is 0.0794. The fourth-order valence-corrected chi connectivity index (χ4v) is 2.67. The van der Waals surface area contributed by atoms with E-state index in [-0.39, 0.29) is 16.4 Å². The van der Waals surface area contributed by atoms with Crippen LogP contribution < -0.4 is 0 Å². The largest absolute Gasteiger partial charge is 0.395 e. The lowest BCUT2D eigenvalue weighted by Crippen LogP contribution is -2.37. The van der Waals surface area contributed by atoms with Crippen LogP contribution in [-0.2, 0) is 0 Å². The molecule has 0 saturated heterocycles. The summed E-state index contributed by atoms with van der Waals surface area (Å²) in [5.74, 6) is -0.660. The Kier molecular flexibility index (Phi) is 5.58. The summed E-state index contributed by atoms with van der Waals surface area (Å²) in [5, 5.41) is 8.72. The Balaban J connectivity index is 2.87. The molecule has 8 heteroatoms. The summed E-state index contributed by atoms with van der Waals surface area (Å²) in [6, 6.07) is 1.33. The third kappa shape index (κ3) is 4.06. The molecule has 0 atom stereocenters. The molecule has 0 fully saturated rings. The second-order valence-electron chi connectivity index (χ2n) is 3.10. The minimum Gasteiger partial charge on any atom is -0.395 e. The summed E-state index contributed by atoms with van der Waals surface area (Å²) < 4.78 is 25.0. The Bertz CT molecular complexity index is 400. The number of alkyl halides is 2. The van der Waals surface area contributed by atoms with Crippen LogP contribution in [0.3, 0.4) is 0 Å². The number of halogens is 4. The van der Waals surface area contributed by atoms with Gasteiger partial charge in [0, 0.05) is 6.54 Å². The first-order valence-electron chi connectivity index (χ1n) is 4.58. The van der Waals surface area contributed by atoms with E-state index in [1.54, 1.807) is 0 Å². The molecule has 96 valence electrons. The molecule has 1 heterocycles. The molecule has 0 spiro atoms. The maximum absolute atomic E-state index is 12.3. The fourth-order valence-electron chi connectivity index (χ4n) is 1.22. The Morgan fingerprint density at radius 3 is 2.59 bits per heavy atom. The molecule has 0 saturated carbocycles. The van der Waals surface area contributed by atoms with Gasteiger partial charge in [-0.2, -0.15) is 0 Å². The summed E-state index contributed by atoms with van der Waals surface area (Å²) in [5.41, 5.74) is 0.0794. The molecule has 1 aromatic rings. The first kappa shape index (κ1) is 14.6. The van der Waals surface area contributed by atoms with Crippen molar-refractivity contribution < 1.29 is 18.7 Å². The predicted octanol–water partition coefficient (Wildman–Crippen LogP) is 2.75. The highest BCUT2D eigenvalue weighted by Gasteiger charge is 2.22. The zero-order valence-electron chi connectivity index (χ0n) is 8.50. The average Bonchev–Trinajstić information content (AvgIpc) is 2.55. The van der Waals surface area contributed by atoms with Crippen molar-refractivity contribution in [3.05, 3.63) is 20.3 Å². The molecule has 17 heavy (non-hydrogen) atoms. The van der Waals surface area contributed by atoms with E-state index in [1.807, 2.05) is 0 Å². The Morgan fingerprint density at radius 1 is 1.53 bits per heavy atom. The molecular weight excluding hydrogens is 295 g/mol. The number of hydrogen-bond acceptors (Lipinski definition) is 3. The van der Waals surface area contributed by atoms with Crippen LogP contribution >= 0.6 is 34.5 Å². The summed E-state index contributed by atoms with van der Waals surface area (Å²) >= 11 is 12.4. The zero-order valence-corrected chi connectivity index (χ0v) is 10.8. The molecule has 1 N–H and O–H groups in total. The normalized spacial score (nSPS) is 10.9. The molecule has 0 aliphatic heterocycles. The van der Waals surface area contributed by atoms with Crippen LogP contribution in [0.2, 0.25) is 8.67 Å². The second kappa shape index (κ2) is 6.49. The van der Waals surface area contributed by atoms with Gasteiger partial charge in [-0.1, -0.05) is 23.2 Å². The van der Waals surface area contributed by atoms with E-state index in [0.717, 1.165) is 16.2 Å². The summed E-state index contributed by atoms with van der Waals surface area (Å²) in [4.78, 5) is 12.7. The fraction of sp³-hybridized carbons (Fsp3) is 0.444. The smallest absolute Gasteiger partial charge is 0.256 e. The molecule has 1 aromatic heterocycles. The van der Waals surface area contributed by atoms with Crippen molar-refractivity contribution >= 4 is 40.4 Å².